The van der Waals surface area contributed by atoms with Gasteiger partial charge in [0.15, 0.2) is 0 Å². The van der Waals surface area contributed by atoms with Crippen molar-refractivity contribution in [2.24, 2.45) is 0 Å². The fraction of sp³-hybridized carbons (Fsp3) is 0.296. The molecule has 0 unspecified atom stereocenters. The molecule has 0 heterocycles. The SMILES string of the molecule is Cc1cc(C(=O)O)c2c(c1Oc1ccc(OCc3ccccc3)c(C(C)C)c1)CCC2. The van der Waals surface area contributed by atoms with Crippen LogP contribution < -0.4 is 9.47 Å². The molecule has 0 fully saturated rings. The van der Waals surface area contributed by atoms with E-state index in [4.69, 9.17) is 9.47 Å². The van der Waals surface area contributed by atoms with Crippen molar-refractivity contribution in [3.8, 4) is 17.2 Å². The molecule has 3 aromatic carbocycles. The maximum atomic E-state index is 11.6. The van der Waals surface area contributed by atoms with Crippen LogP contribution in [0.15, 0.2) is 54.6 Å². The standard InChI is InChI=1S/C27H28O4/c1-17(2)23-15-20(12-13-25(23)30-16-19-8-5-4-6-9-19)31-26-18(3)14-24(27(28)29)21-10-7-11-22(21)26/h4-6,8-9,12-15,17H,7,10-11,16H2,1-3H3,(H,28,29). The number of aromatic carboxylic acids is 1. The quantitative estimate of drug-likeness (QED) is 0.467. The predicted molar refractivity (Wildman–Crippen MR) is 122 cm³/mol. The Morgan fingerprint density at radius 2 is 1.77 bits per heavy atom. The van der Waals surface area contributed by atoms with Gasteiger partial charge >= 0.3 is 5.97 Å². The van der Waals surface area contributed by atoms with Crippen LogP contribution in [0.25, 0.3) is 0 Å². The second-order valence-electron chi connectivity index (χ2n) is 8.42. The van der Waals surface area contributed by atoms with Crippen molar-refractivity contribution in [2.75, 3.05) is 0 Å². The summed E-state index contributed by atoms with van der Waals surface area (Å²) in [6, 6.07) is 17.8. The molecule has 0 aliphatic heterocycles. The zero-order chi connectivity index (χ0) is 22.0. The number of fused-ring (bicyclic) bond motifs is 1. The van der Waals surface area contributed by atoms with Crippen molar-refractivity contribution in [3.63, 3.8) is 0 Å². The molecule has 4 rings (SSSR count). The molecule has 0 aromatic heterocycles. The molecule has 4 heteroatoms. The van der Waals surface area contributed by atoms with E-state index in [-0.39, 0.29) is 5.92 Å². The number of aryl methyl sites for hydroxylation is 1. The third kappa shape index (κ3) is 4.43. The molecule has 1 N–H and O–H groups in total. The Morgan fingerprint density at radius 1 is 1.03 bits per heavy atom. The minimum absolute atomic E-state index is 0.274. The van der Waals surface area contributed by atoms with Crippen LogP contribution >= 0.6 is 0 Å². The second-order valence-corrected chi connectivity index (χ2v) is 8.42. The van der Waals surface area contributed by atoms with E-state index in [2.05, 4.69) is 26.0 Å². The van der Waals surface area contributed by atoms with E-state index in [0.29, 0.717) is 12.2 Å². The average Bonchev–Trinajstić information content (AvgIpc) is 3.24. The molecule has 1 aliphatic carbocycles. The lowest BCUT2D eigenvalue weighted by atomic mass is 9.98. The smallest absolute Gasteiger partial charge is 0.335 e. The van der Waals surface area contributed by atoms with Crippen LogP contribution in [0.4, 0.5) is 0 Å². The number of ether oxygens (including phenoxy) is 2. The maximum absolute atomic E-state index is 11.6. The first-order chi connectivity index (χ1) is 14.9. The number of hydrogen-bond acceptors (Lipinski definition) is 3. The second kappa shape index (κ2) is 8.84. The van der Waals surface area contributed by atoms with Gasteiger partial charge in [0.2, 0.25) is 0 Å². The van der Waals surface area contributed by atoms with Crippen LogP contribution in [0.1, 0.15) is 64.4 Å². The largest absolute Gasteiger partial charge is 0.489 e. The van der Waals surface area contributed by atoms with Crippen molar-refractivity contribution in [2.45, 2.75) is 52.6 Å². The fourth-order valence-electron chi connectivity index (χ4n) is 4.26. The lowest BCUT2D eigenvalue weighted by molar-refractivity contribution is 0.0695. The molecule has 0 amide bonds. The van der Waals surface area contributed by atoms with Gasteiger partial charge in [0.25, 0.3) is 0 Å². The van der Waals surface area contributed by atoms with Crippen LogP contribution in [0.3, 0.4) is 0 Å². The van der Waals surface area contributed by atoms with Gasteiger partial charge in [0.1, 0.15) is 23.9 Å². The zero-order valence-electron chi connectivity index (χ0n) is 18.3. The molecule has 31 heavy (non-hydrogen) atoms. The number of hydrogen-bond donors (Lipinski definition) is 1. The lowest BCUT2D eigenvalue weighted by Gasteiger charge is -2.19. The van der Waals surface area contributed by atoms with Crippen LogP contribution in [-0.2, 0) is 19.4 Å². The first kappa shape index (κ1) is 21.0. The minimum atomic E-state index is -0.866. The summed E-state index contributed by atoms with van der Waals surface area (Å²) >= 11 is 0. The van der Waals surface area contributed by atoms with Crippen molar-refractivity contribution in [1.82, 2.24) is 0 Å². The molecule has 160 valence electrons. The van der Waals surface area contributed by atoms with Crippen LogP contribution in [0, 0.1) is 6.92 Å². The normalized spacial score (nSPS) is 12.6. The van der Waals surface area contributed by atoms with Crippen LogP contribution in [-0.4, -0.2) is 11.1 Å². The highest BCUT2D eigenvalue weighted by atomic mass is 16.5. The van der Waals surface area contributed by atoms with Gasteiger partial charge in [-0.2, -0.15) is 0 Å². The number of rotatable bonds is 7. The summed E-state index contributed by atoms with van der Waals surface area (Å²) in [4.78, 5) is 11.6. The summed E-state index contributed by atoms with van der Waals surface area (Å²) < 4.78 is 12.5. The molecule has 1 aliphatic rings. The Kier molecular flexibility index (Phi) is 5.99. The number of benzene rings is 3. The van der Waals surface area contributed by atoms with Gasteiger partial charge in [-0.1, -0.05) is 44.2 Å². The summed E-state index contributed by atoms with van der Waals surface area (Å²) in [5, 5.41) is 9.56. The Balaban J connectivity index is 1.62. The Hall–Kier alpha value is -3.27. The third-order valence-electron chi connectivity index (χ3n) is 5.83. The molecule has 0 spiro atoms. The van der Waals surface area contributed by atoms with Gasteiger partial charge in [-0.3, -0.25) is 0 Å². The number of carboxylic acids is 1. The summed E-state index contributed by atoms with van der Waals surface area (Å²) in [6.45, 7) is 6.71. The van der Waals surface area contributed by atoms with E-state index in [1.54, 1.807) is 6.07 Å². The molecule has 0 saturated heterocycles. The van der Waals surface area contributed by atoms with Crippen molar-refractivity contribution >= 4 is 5.97 Å². The maximum Gasteiger partial charge on any atom is 0.335 e. The lowest BCUT2D eigenvalue weighted by Crippen LogP contribution is -2.05. The topological polar surface area (TPSA) is 55.8 Å². The number of carbonyl (C=O) groups is 1. The van der Waals surface area contributed by atoms with E-state index < -0.39 is 5.97 Å². The van der Waals surface area contributed by atoms with E-state index in [9.17, 15) is 9.90 Å². The summed E-state index contributed by atoms with van der Waals surface area (Å²) in [5.41, 5.74) is 5.43. The van der Waals surface area contributed by atoms with Gasteiger partial charge in [-0.15, -0.1) is 0 Å². The zero-order valence-corrected chi connectivity index (χ0v) is 18.3. The molecule has 0 bridgehead atoms. The molecule has 0 radical (unpaired) electrons. The summed E-state index contributed by atoms with van der Waals surface area (Å²) in [5.74, 6) is 1.81. The number of carboxylic acid groups (broad SMARTS) is 1. The molecule has 0 atom stereocenters. The molecule has 4 nitrogen and oxygen atoms in total. The highest BCUT2D eigenvalue weighted by Gasteiger charge is 2.25. The van der Waals surface area contributed by atoms with E-state index >= 15 is 0 Å². The van der Waals surface area contributed by atoms with E-state index in [0.717, 1.165) is 64.3 Å². The first-order valence-corrected chi connectivity index (χ1v) is 10.8. The Labute approximate surface area is 183 Å². The minimum Gasteiger partial charge on any atom is -0.489 e. The monoisotopic (exact) mass is 416 g/mol. The van der Waals surface area contributed by atoms with Crippen molar-refractivity contribution in [3.05, 3.63) is 88.0 Å². The van der Waals surface area contributed by atoms with E-state index in [1.807, 2.05) is 43.3 Å². The summed E-state index contributed by atoms with van der Waals surface area (Å²) in [7, 11) is 0. The molecular weight excluding hydrogens is 388 g/mol. The summed E-state index contributed by atoms with van der Waals surface area (Å²) in [6.07, 6.45) is 2.60. The first-order valence-electron chi connectivity index (χ1n) is 10.8. The molecule has 0 saturated carbocycles. The van der Waals surface area contributed by atoms with Gasteiger partial charge in [-0.05, 0) is 78.6 Å². The highest BCUT2D eigenvalue weighted by Crippen LogP contribution is 2.40. The van der Waals surface area contributed by atoms with Crippen molar-refractivity contribution < 1.29 is 19.4 Å². The van der Waals surface area contributed by atoms with Crippen molar-refractivity contribution in [1.29, 1.82) is 0 Å². The van der Waals surface area contributed by atoms with Gasteiger partial charge in [0.05, 0.1) is 5.56 Å². The van der Waals surface area contributed by atoms with E-state index in [1.165, 1.54) is 0 Å². The molecule has 3 aromatic rings. The average molecular weight is 417 g/mol. The van der Waals surface area contributed by atoms with Gasteiger partial charge in [-0.25, -0.2) is 4.79 Å². The highest BCUT2D eigenvalue weighted by molar-refractivity contribution is 5.91. The van der Waals surface area contributed by atoms with Crippen LogP contribution in [0.5, 0.6) is 17.2 Å². The van der Waals surface area contributed by atoms with Gasteiger partial charge < -0.3 is 14.6 Å². The van der Waals surface area contributed by atoms with Crippen LogP contribution in [0.2, 0.25) is 0 Å². The predicted octanol–water partition coefficient (Wildman–Crippen LogP) is 6.68. The Bertz CT molecular complexity index is 1100. The molecular formula is C27H28O4. The fourth-order valence-corrected chi connectivity index (χ4v) is 4.26. The Morgan fingerprint density at radius 3 is 2.48 bits per heavy atom. The third-order valence-corrected chi connectivity index (χ3v) is 5.83. The van der Waals surface area contributed by atoms with Gasteiger partial charge in [0, 0.05) is 5.56 Å².